The number of allylic oxidation sites excluding steroid dienone is 8. The SMILES string of the molecule is C=C/C=C(\C=C)c1cc(-c2ccc(C(=N)N)cc2)cc(-c2nc(C3=CCCC=C3)nc(-c3ccccc3)n2)c1. The van der Waals surface area contributed by atoms with E-state index in [0.717, 1.165) is 51.8 Å². The van der Waals surface area contributed by atoms with Crippen molar-refractivity contribution in [2.24, 2.45) is 5.73 Å². The van der Waals surface area contributed by atoms with Crippen LogP contribution in [-0.2, 0) is 0 Å². The molecule has 1 aliphatic carbocycles. The van der Waals surface area contributed by atoms with Crippen molar-refractivity contribution in [2.45, 2.75) is 12.8 Å². The molecule has 0 bridgehead atoms. The number of nitrogen functional groups attached to an aromatic ring is 1. The van der Waals surface area contributed by atoms with Gasteiger partial charge in [0.15, 0.2) is 17.5 Å². The highest BCUT2D eigenvalue weighted by Gasteiger charge is 2.15. The van der Waals surface area contributed by atoms with Gasteiger partial charge in [-0.1, -0.05) is 104 Å². The Labute approximate surface area is 229 Å². The van der Waals surface area contributed by atoms with Gasteiger partial charge in [0, 0.05) is 22.3 Å². The lowest BCUT2D eigenvalue weighted by Gasteiger charge is -2.13. The molecule has 0 amide bonds. The summed E-state index contributed by atoms with van der Waals surface area (Å²) < 4.78 is 0. The molecule has 0 atom stereocenters. The van der Waals surface area contributed by atoms with E-state index in [1.165, 1.54) is 0 Å². The Kier molecular flexibility index (Phi) is 7.51. The maximum atomic E-state index is 7.73. The normalized spacial score (nSPS) is 13.0. The molecule has 0 saturated carbocycles. The van der Waals surface area contributed by atoms with Gasteiger partial charge in [0.05, 0.1) is 0 Å². The summed E-state index contributed by atoms with van der Waals surface area (Å²) in [4.78, 5) is 14.7. The third-order valence-corrected chi connectivity index (χ3v) is 6.49. The molecule has 1 heterocycles. The molecule has 0 radical (unpaired) electrons. The van der Waals surface area contributed by atoms with Gasteiger partial charge in [-0.05, 0) is 53.3 Å². The molecule has 0 spiro atoms. The van der Waals surface area contributed by atoms with Crippen LogP contribution >= 0.6 is 0 Å². The minimum atomic E-state index is 0.0380. The molecule has 0 aliphatic heterocycles. The fourth-order valence-corrected chi connectivity index (χ4v) is 4.47. The quantitative estimate of drug-likeness (QED) is 0.146. The first-order chi connectivity index (χ1) is 19.1. The van der Waals surface area contributed by atoms with E-state index in [1.807, 2.05) is 66.7 Å². The van der Waals surface area contributed by atoms with Gasteiger partial charge in [0.2, 0.25) is 0 Å². The Morgan fingerprint density at radius 3 is 2.08 bits per heavy atom. The zero-order valence-electron chi connectivity index (χ0n) is 21.6. The van der Waals surface area contributed by atoms with Crippen molar-refractivity contribution < 1.29 is 0 Å². The number of benzene rings is 3. The molecule has 5 nitrogen and oxygen atoms in total. The summed E-state index contributed by atoms with van der Waals surface area (Å²) in [6.07, 6.45) is 13.9. The fraction of sp³-hybridized carbons (Fsp3) is 0.0588. The van der Waals surface area contributed by atoms with Crippen LogP contribution in [0.15, 0.2) is 122 Å². The summed E-state index contributed by atoms with van der Waals surface area (Å²) in [7, 11) is 0. The van der Waals surface area contributed by atoms with Gasteiger partial charge in [-0.3, -0.25) is 5.41 Å². The van der Waals surface area contributed by atoms with E-state index in [9.17, 15) is 0 Å². The molecule has 0 fully saturated rings. The van der Waals surface area contributed by atoms with Crippen LogP contribution in [0.25, 0.3) is 45.0 Å². The number of rotatable bonds is 8. The third-order valence-electron chi connectivity index (χ3n) is 6.49. The topological polar surface area (TPSA) is 88.5 Å². The van der Waals surface area contributed by atoms with Gasteiger partial charge in [0.1, 0.15) is 5.84 Å². The zero-order chi connectivity index (χ0) is 27.2. The Morgan fingerprint density at radius 1 is 0.744 bits per heavy atom. The maximum absolute atomic E-state index is 7.73. The van der Waals surface area contributed by atoms with E-state index in [2.05, 4.69) is 49.6 Å². The number of amidine groups is 1. The van der Waals surface area contributed by atoms with Crippen molar-refractivity contribution in [1.29, 1.82) is 5.41 Å². The molecule has 1 aromatic heterocycles. The van der Waals surface area contributed by atoms with Crippen LogP contribution < -0.4 is 5.73 Å². The first-order valence-electron chi connectivity index (χ1n) is 12.8. The van der Waals surface area contributed by atoms with Gasteiger partial charge in [0.25, 0.3) is 0 Å². The highest BCUT2D eigenvalue weighted by Crippen LogP contribution is 2.32. The lowest BCUT2D eigenvalue weighted by molar-refractivity contribution is 1.01. The van der Waals surface area contributed by atoms with Crippen LogP contribution in [0.5, 0.6) is 0 Å². The smallest absolute Gasteiger partial charge is 0.164 e. The third kappa shape index (κ3) is 5.73. The predicted molar refractivity (Wildman–Crippen MR) is 162 cm³/mol. The minimum Gasteiger partial charge on any atom is -0.384 e. The second-order valence-corrected chi connectivity index (χ2v) is 9.16. The highest BCUT2D eigenvalue weighted by molar-refractivity contribution is 5.95. The molecule has 4 aromatic rings. The van der Waals surface area contributed by atoms with E-state index >= 15 is 0 Å². The van der Waals surface area contributed by atoms with Gasteiger partial charge in [-0.2, -0.15) is 0 Å². The number of aromatic nitrogens is 3. The van der Waals surface area contributed by atoms with Gasteiger partial charge in [-0.15, -0.1) is 0 Å². The molecular formula is C34H29N5. The van der Waals surface area contributed by atoms with Crippen LogP contribution in [-0.4, -0.2) is 20.8 Å². The zero-order valence-corrected chi connectivity index (χ0v) is 21.6. The van der Waals surface area contributed by atoms with E-state index in [4.69, 9.17) is 26.1 Å². The van der Waals surface area contributed by atoms with E-state index in [1.54, 1.807) is 6.08 Å². The molecule has 5 rings (SSSR count). The van der Waals surface area contributed by atoms with E-state index in [-0.39, 0.29) is 5.84 Å². The number of hydrogen-bond acceptors (Lipinski definition) is 4. The summed E-state index contributed by atoms with van der Waals surface area (Å²) in [5, 5.41) is 7.73. The maximum Gasteiger partial charge on any atom is 0.164 e. The number of hydrogen-bond donors (Lipinski definition) is 2. The van der Waals surface area contributed by atoms with Gasteiger partial charge < -0.3 is 5.73 Å². The Bertz CT molecular complexity index is 1640. The number of nitrogens with two attached hydrogens (primary N) is 1. The van der Waals surface area contributed by atoms with Crippen molar-refractivity contribution in [3.63, 3.8) is 0 Å². The average molecular weight is 508 g/mol. The molecular weight excluding hydrogens is 478 g/mol. The number of nitrogens with zero attached hydrogens (tertiary/aromatic N) is 3. The van der Waals surface area contributed by atoms with E-state index < -0.39 is 0 Å². The summed E-state index contributed by atoms with van der Waals surface area (Å²) >= 11 is 0. The summed E-state index contributed by atoms with van der Waals surface area (Å²) in [6, 6.07) is 23.9. The lowest BCUT2D eigenvalue weighted by Crippen LogP contribution is -2.10. The predicted octanol–water partition coefficient (Wildman–Crippen LogP) is 7.65. The first kappa shape index (κ1) is 25.5. The van der Waals surface area contributed by atoms with Gasteiger partial charge >= 0.3 is 0 Å². The van der Waals surface area contributed by atoms with Crippen LogP contribution in [0.2, 0.25) is 0 Å². The lowest BCUT2D eigenvalue weighted by atomic mass is 9.95. The molecule has 0 unspecified atom stereocenters. The van der Waals surface area contributed by atoms with Crippen molar-refractivity contribution in [3.05, 3.63) is 139 Å². The first-order valence-corrected chi connectivity index (χ1v) is 12.8. The van der Waals surface area contributed by atoms with Crippen LogP contribution in [0.4, 0.5) is 0 Å². The summed E-state index contributed by atoms with van der Waals surface area (Å²) in [5.41, 5.74) is 13.0. The number of nitrogens with one attached hydrogen (secondary N) is 1. The van der Waals surface area contributed by atoms with Crippen molar-refractivity contribution in [3.8, 4) is 33.9 Å². The summed E-state index contributed by atoms with van der Waals surface area (Å²) in [6.45, 7) is 7.88. The van der Waals surface area contributed by atoms with Crippen LogP contribution in [0, 0.1) is 5.41 Å². The Morgan fingerprint density at radius 2 is 1.44 bits per heavy atom. The Hall–Kier alpha value is -5.16. The monoisotopic (exact) mass is 507 g/mol. The second-order valence-electron chi connectivity index (χ2n) is 9.16. The molecule has 3 aromatic carbocycles. The minimum absolute atomic E-state index is 0.0380. The molecule has 190 valence electrons. The second kappa shape index (κ2) is 11.5. The highest BCUT2D eigenvalue weighted by atomic mass is 15.0. The van der Waals surface area contributed by atoms with Crippen molar-refractivity contribution in [2.75, 3.05) is 0 Å². The fourth-order valence-electron chi connectivity index (χ4n) is 4.47. The summed E-state index contributed by atoms with van der Waals surface area (Å²) in [5.74, 6) is 1.90. The molecule has 1 aliphatic rings. The van der Waals surface area contributed by atoms with E-state index in [0.29, 0.717) is 23.0 Å². The van der Waals surface area contributed by atoms with Crippen LogP contribution in [0.1, 0.15) is 29.8 Å². The average Bonchev–Trinajstić information content (AvgIpc) is 3.00. The van der Waals surface area contributed by atoms with Crippen molar-refractivity contribution >= 4 is 17.0 Å². The molecule has 3 N–H and O–H groups in total. The van der Waals surface area contributed by atoms with Crippen LogP contribution in [0.3, 0.4) is 0 Å². The molecule has 0 saturated heterocycles. The molecule has 5 heteroatoms. The largest absolute Gasteiger partial charge is 0.384 e. The standard InChI is InChI=1S/C34H29N5/c1-3-11-23(4-2)28-20-29(24-16-18-25(19-17-24)31(35)36)22-30(21-28)34-38-32(26-12-7-5-8-13-26)37-33(39-34)27-14-9-6-10-15-27/h3-5,7-9,11-22H,1-2,6,10H2,(H3,35,36)/b23-11+. The molecule has 39 heavy (non-hydrogen) atoms. The van der Waals surface area contributed by atoms with Crippen molar-refractivity contribution in [1.82, 2.24) is 15.0 Å². The van der Waals surface area contributed by atoms with Gasteiger partial charge in [-0.25, -0.2) is 15.0 Å². The Balaban J connectivity index is 1.72.